The molecule has 7 nitrogen and oxygen atoms in total. The van der Waals surface area contributed by atoms with Gasteiger partial charge in [0.15, 0.2) is 12.1 Å². The highest BCUT2D eigenvalue weighted by Gasteiger charge is 2.44. The second-order valence-corrected chi connectivity index (χ2v) is 7.74. The van der Waals surface area contributed by atoms with Crippen molar-refractivity contribution in [1.82, 2.24) is 0 Å². The lowest BCUT2D eigenvalue weighted by atomic mass is 9.72. The van der Waals surface area contributed by atoms with Gasteiger partial charge in [0, 0.05) is 6.42 Å². The summed E-state index contributed by atoms with van der Waals surface area (Å²) in [6.45, 7) is 7.24. The minimum absolute atomic E-state index is 0.114. The maximum Gasteiger partial charge on any atom is 0.187 e. The van der Waals surface area contributed by atoms with E-state index >= 15 is 0 Å². The van der Waals surface area contributed by atoms with Crippen LogP contribution in [0.5, 0.6) is 0 Å². The molecule has 4 N–H and O–H groups in total. The van der Waals surface area contributed by atoms with Crippen LogP contribution >= 0.6 is 0 Å². The average Bonchev–Trinajstić information content (AvgIpc) is 2.58. The molecule has 6 atom stereocenters. The van der Waals surface area contributed by atoms with Crippen LogP contribution in [0.2, 0.25) is 0 Å². The Balaban J connectivity index is 2.08. The standard InChI is InChI=1S/C19H30O7/c1-10(5-6-12-11(2)13(21)7-8-19(12,3)4)25-18-17(24)16(23)15(22)14(9-20)26-18/h5-6,10,14-18,20,22-24H,7-9H2,1-4H3/b6-5+/t10-,14+,15+,16-,17+,18+/m0/s1. The van der Waals surface area contributed by atoms with Crippen molar-refractivity contribution >= 4 is 5.78 Å². The van der Waals surface area contributed by atoms with Crippen LogP contribution in [0.15, 0.2) is 23.3 Å². The highest BCUT2D eigenvalue weighted by atomic mass is 16.7. The van der Waals surface area contributed by atoms with E-state index in [1.807, 2.05) is 13.0 Å². The lowest BCUT2D eigenvalue weighted by Gasteiger charge is -2.40. The zero-order valence-electron chi connectivity index (χ0n) is 15.8. The van der Waals surface area contributed by atoms with Crippen LogP contribution in [0.25, 0.3) is 0 Å². The molecule has 2 aliphatic rings. The quantitative estimate of drug-likeness (QED) is 0.555. The van der Waals surface area contributed by atoms with Crippen LogP contribution in [0.1, 0.15) is 40.5 Å². The summed E-state index contributed by atoms with van der Waals surface area (Å²) in [7, 11) is 0. The number of ketones is 1. The van der Waals surface area contributed by atoms with Crippen molar-refractivity contribution in [2.45, 2.75) is 77.3 Å². The van der Waals surface area contributed by atoms with Gasteiger partial charge in [-0.1, -0.05) is 26.0 Å². The number of carbonyl (C=O) groups is 1. The normalized spacial score (nSPS) is 36.6. The Kier molecular flexibility index (Phi) is 6.76. The minimum Gasteiger partial charge on any atom is -0.394 e. The SMILES string of the molecule is CC1=C(/C=C/[C@H](C)O[C@@H]2O[C@H](CO)[C@@H](O)[C@H](O)[C@H]2O)C(C)(C)CCC1=O. The van der Waals surface area contributed by atoms with E-state index in [4.69, 9.17) is 9.47 Å². The third-order valence-electron chi connectivity index (χ3n) is 5.26. The van der Waals surface area contributed by atoms with Gasteiger partial charge in [0.25, 0.3) is 0 Å². The molecule has 1 saturated heterocycles. The Morgan fingerprint density at radius 1 is 1.27 bits per heavy atom. The summed E-state index contributed by atoms with van der Waals surface area (Å²) in [6, 6.07) is 0. The largest absolute Gasteiger partial charge is 0.394 e. The van der Waals surface area contributed by atoms with Gasteiger partial charge < -0.3 is 29.9 Å². The molecule has 0 radical (unpaired) electrons. The van der Waals surface area contributed by atoms with Gasteiger partial charge in [0.2, 0.25) is 0 Å². The monoisotopic (exact) mass is 370 g/mol. The van der Waals surface area contributed by atoms with E-state index in [2.05, 4.69) is 13.8 Å². The van der Waals surface area contributed by atoms with Crippen molar-refractivity contribution < 1.29 is 34.7 Å². The smallest absolute Gasteiger partial charge is 0.187 e. The van der Waals surface area contributed by atoms with E-state index in [-0.39, 0.29) is 11.2 Å². The number of allylic oxidation sites excluding steroid dienone is 3. The molecule has 1 aliphatic carbocycles. The molecule has 1 aliphatic heterocycles. The summed E-state index contributed by atoms with van der Waals surface area (Å²) < 4.78 is 11.0. The van der Waals surface area contributed by atoms with E-state index in [1.165, 1.54) is 0 Å². The molecule has 0 unspecified atom stereocenters. The van der Waals surface area contributed by atoms with E-state index < -0.39 is 43.4 Å². The first kappa shape index (κ1) is 21.2. The van der Waals surface area contributed by atoms with Gasteiger partial charge in [-0.05, 0) is 36.8 Å². The zero-order valence-corrected chi connectivity index (χ0v) is 15.8. The first-order chi connectivity index (χ1) is 12.1. The fourth-order valence-corrected chi connectivity index (χ4v) is 3.43. The molecule has 0 aromatic rings. The molecule has 1 fully saturated rings. The van der Waals surface area contributed by atoms with Gasteiger partial charge >= 0.3 is 0 Å². The molecular formula is C19H30O7. The topological polar surface area (TPSA) is 116 Å². The number of rotatable bonds is 5. The van der Waals surface area contributed by atoms with Crippen LogP contribution in [0.4, 0.5) is 0 Å². The van der Waals surface area contributed by atoms with Gasteiger partial charge in [0.05, 0.1) is 12.7 Å². The number of hydrogen-bond donors (Lipinski definition) is 4. The second kappa shape index (κ2) is 8.29. The Bertz CT molecular complexity index is 578. The Labute approximate surface area is 153 Å². The predicted octanol–water partition coefficient (Wildman–Crippen LogP) is 0.453. The summed E-state index contributed by atoms with van der Waals surface area (Å²) in [5.41, 5.74) is 1.59. The number of ether oxygens (including phenoxy) is 2. The van der Waals surface area contributed by atoms with Crippen LogP contribution in [0.3, 0.4) is 0 Å². The highest BCUT2D eigenvalue weighted by Crippen LogP contribution is 2.39. The highest BCUT2D eigenvalue weighted by molar-refractivity contribution is 5.97. The van der Waals surface area contributed by atoms with Crippen molar-refractivity contribution in [2.24, 2.45) is 5.41 Å². The maximum atomic E-state index is 12.0. The minimum atomic E-state index is -1.47. The molecular weight excluding hydrogens is 340 g/mol. The molecule has 0 aromatic carbocycles. The molecule has 0 amide bonds. The van der Waals surface area contributed by atoms with Crippen LogP contribution < -0.4 is 0 Å². The molecule has 7 heteroatoms. The predicted molar refractivity (Wildman–Crippen MR) is 94.2 cm³/mol. The third-order valence-corrected chi connectivity index (χ3v) is 5.26. The Morgan fingerprint density at radius 3 is 2.54 bits per heavy atom. The van der Waals surface area contributed by atoms with Crippen LogP contribution in [-0.4, -0.2) is 69.6 Å². The summed E-state index contributed by atoms with van der Waals surface area (Å²) in [6.07, 6.45) is -2.03. The number of aliphatic hydroxyl groups excluding tert-OH is 4. The van der Waals surface area contributed by atoms with Crippen LogP contribution in [0, 0.1) is 5.41 Å². The van der Waals surface area contributed by atoms with Crippen molar-refractivity contribution in [1.29, 1.82) is 0 Å². The van der Waals surface area contributed by atoms with Crippen molar-refractivity contribution in [3.8, 4) is 0 Å². The van der Waals surface area contributed by atoms with Gasteiger partial charge in [-0.3, -0.25) is 4.79 Å². The fraction of sp³-hybridized carbons (Fsp3) is 0.737. The number of hydrogen-bond acceptors (Lipinski definition) is 7. The fourth-order valence-electron chi connectivity index (χ4n) is 3.43. The lowest BCUT2D eigenvalue weighted by Crippen LogP contribution is -2.59. The van der Waals surface area contributed by atoms with Gasteiger partial charge in [0.1, 0.15) is 24.4 Å². The molecule has 0 aromatic heterocycles. The zero-order chi connectivity index (χ0) is 19.6. The molecule has 2 rings (SSSR count). The van der Waals surface area contributed by atoms with Gasteiger partial charge in [-0.25, -0.2) is 0 Å². The molecule has 1 heterocycles. The summed E-state index contributed by atoms with van der Waals surface area (Å²) >= 11 is 0. The second-order valence-electron chi connectivity index (χ2n) is 7.74. The third kappa shape index (κ3) is 4.42. The van der Waals surface area contributed by atoms with E-state index in [1.54, 1.807) is 13.0 Å². The summed E-state index contributed by atoms with van der Waals surface area (Å²) in [5.74, 6) is 0.145. The van der Waals surface area contributed by atoms with Crippen molar-refractivity contribution in [3.05, 3.63) is 23.3 Å². The van der Waals surface area contributed by atoms with Crippen LogP contribution in [-0.2, 0) is 14.3 Å². The van der Waals surface area contributed by atoms with Gasteiger partial charge in [-0.15, -0.1) is 0 Å². The number of Topliss-reactive ketones (excluding diaryl/α,β-unsaturated/α-hetero) is 1. The first-order valence-corrected chi connectivity index (χ1v) is 8.97. The molecule has 0 bridgehead atoms. The molecule has 0 spiro atoms. The van der Waals surface area contributed by atoms with Gasteiger partial charge in [-0.2, -0.15) is 0 Å². The molecule has 26 heavy (non-hydrogen) atoms. The average molecular weight is 370 g/mol. The lowest BCUT2D eigenvalue weighted by molar-refractivity contribution is -0.306. The van der Waals surface area contributed by atoms with E-state index in [0.29, 0.717) is 6.42 Å². The number of carbonyl (C=O) groups excluding carboxylic acids is 1. The Hall–Kier alpha value is -1.09. The van der Waals surface area contributed by atoms with Crippen molar-refractivity contribution in [2.75, 3.05) is 6.61 Å². The summed E-state index contributed by atoms with van der Waals surface area (Å²) in [5, 5.41) is 38.9. The Morgan fingerprint density at radius 2 is 1.92 bits per heavy atom. The van der Waals surface area contributed by atoms with E-state index in [0.717, 1.165) is 17.6 Å². The van der Waals surface area contributed by atoms with E-state index in [9.17, 15) is 25.2 Å². The number of aliphatic hydroxyl groups is 4. The van der Waals surface area contributed by atoms with Crippen molar-refractivity contribution in [3.63, 3.8) is 0 Å². The molecule has 0 saturated carbocycles. The molecule has 148 valence electrons. The maximum absolute atomic E-state index is 12.0. The first-order valence-electron chi connectivity index (χ1n) is 8.97. The summed E-state index contributed by atoms with van der Waals surface area (Å²) in [4.78, 5) is 12.0.